The van der Waals surface area contributed by atoms with Gasteiger partial charge in [0.15, 0.2) is 0 Å². The molecule has 0 bridgehead atoms. The van der Waals surface area contributed by atoms with Gasteiger partial charge in [0.05, 0.1) is 0 Å². The first-order chi connectivity index (χ1) is 9.29. The molecule has 2 rings (SSSR count). The Labute approximate surface area is 120 Å². The summed E-state index contributed by atoms with van der Waals surface area (Å²) in [5.74, 6) is 0.313. The van der Waals surface area contributed by atoms with Gasteiger partial charge in [-0.2, -0.15) is 0 Å². The Morgan fingerprint density at radius 2 is 2.47 bits per heavy atom. The van der Waals surface area contributed by atoms with Crippen molar-refractivity contribution in [3.63, 3.8) is 0 Å². The maximum atomic E-state index is 12.2. The van der Waals surface area contributed by atoms with Crippen molar-refractivity contribution in [2.24, 2.45) is 0 Å². The number of hydrogen-bond donors (Lipinski definition) is 1. The molecule has 0 aromatic carbocycles. The van der Waals surface area contributed by atoms with Crippen molar-refractivity contribution < 1.29 is 4.79 Å². The van der Waals surface area contributed by atoms with Crippen molar-refractivity contribution in [3.8, 4) is 0 Å². The van der Waals surface area contributed by atoms with E-state index in [0.717, 1.165) is 32.5 Å². The maximum absolute atomic E-state index is 12.2. The number of rotatable bonds is 7. The van der Waals surface area contributed by atoms with Crippen LogP contribution in [0.25, 0.3) is 0 Å². The van der Waals surface area contributed by atoms with Crippen LogP contribution in [0.1, 0.15) is 37.5 Å². The van der Waals surface area contributed by atoms with Crippen LogP contribution in [-0.4, -0.2) is 36.5 Å². The number of hydrogen-bond acceptors (Lipinski definition) is 3. The molecule has 1 aliphatic heterocycles. The zero-order chi connectivity index (χ0) is 13.5. The number of nitrogens with zero attached hydrogens (tertiary/aromatic N) is 1. The molecule has 3 nitrogen and oxygen atoms in total. The molecular formula is C15H24N2OS. The molecule has 1 saturated heterocycles. The van der Waals surface area contributed by atoms with Gasteiger partial charge in [0.1, 0.15) is 0 Å². The molecule has 1 atom stereocenters. The van der Waals surface area contributed by atoms with E-state index in [1.807, 2.05) is 4.90 Å². The van der Waals surface area contributed by atoms with Crippen molar-refractivity contribution in [2.75, 3.05) is 19.6 Å². The lowest BCUT2D eigenvalue weighted by Gasteiger charge is -2.24. The van der Waals surface area contributed by atoms with E-state index in [9.17, 15) is 4.79 Å². The molecule has 106 valence electrons. The monoisotopic (exact) mass is 280 g/mol. The number of aryl methyl sites for hydroxylation is 1. The molecule has 1 amide bonds. The van der Waals surface area contributed by atoms with E-state index in [1.165, 1.54) is 17.7 Å². The van der Waals surface area contributed by atoms with Crippen LogP contribution >= 0.6 is 11.3 Å². The molecular weight excluding hydrogens is 256 g/mol. The molecule has 19 heavy (non-hydrogen) atoms. The van der Waals surface area contributed by atoms with Gasteiger partial charge in [0, 0.05) is 30.4 Å². The SMILES string of the molecule is CCN(CC1CCCN1)C(=O)CCCc1cccs1. The van der Waals surface area contributed by atoms with Crippen molar-refractivity contribution >= 4 is 17.2 Å². The van der Waals surface area contributed by atoms with Crippen molar-refractivity contribution in [3.05, 3.63) is 22.4 Å². The van der Waals surface area contributed by atoms with Gasteiger partial charge >= 0.3 is 0 Å². The Bertz CT molecular complexity index is 372. The van der Waals surface area contributed by atoms with Gasteiger partial charge in [0.25, 0.3) is 0 Å². The summed E-state index contributed by atoms with van der Waals surface area (Å²) in [6.07, 6.45) is 5.13. The van der Waals surface area contributed by atoms with Gasteiger partial charge < -0.3 is 10.2 Å². The lowest BCUT2D eigenvalue weighted by Crippen LogP contribution is -2.40. The summed E-state index contributed by atoms with van der Waals surface area (Å²) in [4.78, 5) is 15.6. The highest BCUT2D eigenvalue weighted by Crippen LogP contribution is 2.13. The highest BCUT2D eigenvalue weighted by Gasteiger charge is 2.19. The number of carbonyl (C=O) groups is 1. The van der Waals surface area contributed by atoms with Gasteiger partial charge in [-0.3, -0.25) is 4.79 Å². The minimum atomic E-state index is 0.313. The smallest absolute Gasteiger partial charge is 0.222 e. The van der Waals surface area contributed by atoms with E-state index in [1.54, 1.807) is 11.3 Å². The average molecular weight is 280 g/mol. The third kappa shape index (κ3) is 4.62. The summed E-state index contributed by atoms with van der Waals surface area (Å²) in [6.45, 7) is 4.89. The lowest BCUT2D eigenvalue weighted by molar-refractivity contribution is -0.131. The summed E-state index contributed by atoms with van der Waals surface area (Å²) in [6, 6.07) is 4.74. The predicted octanol–water partition coefficient (Wildman–Crippen LogP) is 2.67. The van der Waals surface area contributed by atoms with Crippen LogP contribution in [0.5, 0.6) is 0 Å². The molecule has 2 heterocycles. The molecule has 1 N–H and O–H groups in total. The van der Waals surface area contributed by atoms with E-state index < -0.39 is 0 Å². The van der Waals surface area contributed by atoms with Crippen molar-refractivity contribution in [1.82, 2.24) is 10.2 Å². The molecule has 4 heteroatoms. The summed E-state index contributed by atoms with van der Waals surface area (Å²) < 4.78 is 0. The standard InChI is InChI=1S/C15H24N2OS/c1-2-17(12-13-6-4-10-16-13)15(18)9-3-7-14-8-5-11-19-14/h5,8,11,13,16H,2-4,6-7,9-10,12H2,1H3. The number of thiophene rings is 1. The summed E-state index contributed by atoms with van der Waals surface area (Å²) in [5, 5.41) is 5.56. The van der Waals surface area contributed by atoms with Crippen molar-refractivity contribution in [2.45, 2.75) is 45.1 Å². The van der Waals surface area contributed by atoms with Crippen LogP contribution in [0.2, 0.25) is 0 Å². The molecule has 1 unspecified atom stereocenters. The molecule has 0 aliphatic carbocycles. The number of amides is 1. The first-order valence-electron chi connectivity index (χ1n) is 7.33. The predicted molar refractivity (Wildman–Crippen MR) is 80.5 cm³/mol. The quantitative estimate of drug-likeness (QED) is 0.833. The summed E-state index contributed by atoms with van der Waals surface area (Å²) in [5.41, 5.74) is 0. The third-order valence-electron chi connectivity index (χ3n) is 3.73. The van der Waals surface area contributed by atoms with Crippen molar-refractivity contribution in [1.29, 1.82) is 0 Å². The van der Waals surface area contributed by atoms with Gasteiger partial charge in [0.2, 0.25) is 5.91 Å². The summed E-state index contributed by atoms with van der Waals surface area (Å²) in [7, 11) is 0. The Balaban J connectivity index is 1.70. The van der Waals surface area contributed by atoms with Crippen LogP contribution in [0.4, 0.5) is 0 Å². The molecule has 0 saturated carbocycles. The Kier molecular flexibility index (Phi) is 5.86. The fourth-order valence-corrected chi connectivity index (χ4v) is 3.36. The van der Waals surface area contributed by atoms with Gasteiger partial charge in [-0.1, -0.05) is 6.07 Å². The fourth-order valence-electron chi connectivity index (χ4n) is 2.61. The largest absolute Gasteiger partial charge is 0.341 e. The van der Waals surface area contributed by atoms with Gasteiger partial charge in [-0.25, -0.2) is 0 Å². The van der Waals surface area contributed by atoms with Crippen LogP contribution in [0.15, 0.2) is 17.5 Å². The minimum absolute atomic E-state index is 0.313. The Morgan fingerprint density at radius 1 is 1.58 bits per heavy atom. The zero-order valence-corrected chi connectivity index (χ0v) is 12.5. The van der Waals surface area contributed by atoms with Gasteiger partial charge in [-0.15, -0.1) is 11.3 Å². The summed E-state index contributed by atoms with van der Waals surface area (Å²) >= 11 is 1.78. The topological polar surface area (TPSA) is 32.3 Å². The third-order valence-corrected chi connectivity index (χ3v) is 4.67. The van der Waals surface area contributed by atoms with Crippen LogP contribution in [0.3, 0.4) is 0 Å². The second-order valence-electron chi connectivity index (χ2n) is 5.16. The molecule has 0 spiro atoms. The maximum Gasteiger partial charge on any atom is 0.222 e. The van der Waals surface area contributed by atoms with E-state index in [0.29, 0.717) is 18.4 Å². The van der Waals surface area contributed by atoms with E-state index in [4.69, 9.17) is 0 Å². The number of likely N-dealkylation sites (N-methyl/N-ethyl adjacent to an activating group) is 1. The van der Waals surface area contributed by atoms with E-state index >= 15 is 0 Å². The van der Waals surface area contributed by atoms with E-state index in [-0.39, 0.29) is 0 Å². The fraction of sp³-hybridized carbons (Fsp3) is 0.667. The normalized spacial score (nSPS) is 18.7. The highest BCUT2D eigenvalue weighted by atomic mass is 32.1. The van der Waals surface area contributed by atoms with E-state index in [2.05, 4.69) is 29.8 Å². The molecule has 1 aliphatic rings. The second-order valence-corrected chi connectivity index (χ2v) is 6.19. The number of nitrogens with one attached hydrogen (secondary N) is 1. The molecule has 0 radical (unpaired) electrons. The van der Waals surface area contributed by atoms with Crippen LogP contribution < -0.4 is 5.32 Å². The minimum Gasteiger partial charge on any atom is -0.341 e. The first-order valence-corrected chi connectivity index (χ1v) is 8.21. The number of carbonyl (C=O) groups excluding carboxylic acids is 1. The molecule has 1 fully saturated rings. The molecule has 1 aromatic heterocycles. The highest BCUT2D eigenvalue weighted by molar-refractivity contribution is 7.09. The molecule has 1 aromatic rings. The Morgan fingerprint density at radius 3 is 3.11 bits per heavy atom. The van der Waals surface area contributed by atoms with Crippen LogP contribution in [-0.2, 0) is 11.2 Å². The Hall–Kier alpha value is -0.870. The van der Waals surface area contributed by atoms with Crippen LogP contribution in [0, 0.1) is 0 Å². The zero-order valence-electron chi connectivity index (χ0n) is 11.7. The first kappa shape index (κ1) is 14.5. The second kappa shape index (κ2) is 7.65. The van der Waals surface area contributed by atoms with Gasteiger partial charge in [-0.05, 0) is 50.6 Å². The lowest BCUT2D eigenvalue weighted by atomic mass is 10.1. The average Bonchev–Trinajstić information content (AvgIpc) is 3.08.